The number of para-hydroxylation sites is 1. The van der Waals surface area contributed by atoms with Crippen molar-refractivity contribution >= 4 is 21.2 Å². The number of rotatable bonds is 10. The first-order chi connectivity index (χ1) is 16.3. The molecule has 2 aromatic heterocycles. The van der Waals surface area contributed by atoms with Crippen LogP contribution in [-0.2, 0) is 15.6 Å². The van der Waals surface area contributed by atoms with Gasteiger partial charge in [-0.2, -0.15) is 0 Å². The number of aromatic nitrogens is 4. The highest BCUT2D eigenvalue weighted by Gasteiger charge is 2.29. The lowest BCUT2D eigenvalue weighted by Crippen LogP contribution is -2.23. The lowest BCUT2D eigenvalue weighted by atomic mass is 9.99. The summed E-state index contributed by atoms with van der Waals surface area (Å²) in [6, 6.07) is 5.33. The van der Waals surface area contributed by atoms with Crippen LogP contribution in [0.15, 0.2) is 23.6 Å². The second-order valence-corrected chi connectivity index (χ2v) is 11.6. The van der Waals surface area contributed by atoms with Crippen LogP contribution in [0.25, 0.3) is 16.5 Å². The van der Waals surface area contributed by atoms with Crippen LogP contribution in [0.1, 0.15) is 43.6 Å². The van der Waals surface area contributed by atoms with E-state index in [0.717, 1.165) is 31.4 Å². The zero-order valence-corrected chi connectivity index (χ0v) is 21.2. The number of aliphatic hydroxyl groups excluding tert-OH is 1. The molecule has 1 aromatic carbocycles. The Morgan fingerprint density at radius 3 is 2.44 bits per heavy atom. The molecule has 0 amide bonds. The number of hydrogen-bond donors (Lipinski definition) is 1. The summed E-state index contributed by atoms with van der Waals surface area (Å²) >= 11 is 1.40. The van der Waals surface area contributed by atoms with Gasteiger partial charge in [0.25, 0.3) is 0 Å². The molecule has 9 nitrogen and oxygen atoms in total. The van der Waals surface area contributed by atoms with Gasteiger partial charge in [-0.25, -0.2) is 13.4 Å². The van der Waals surface area contributed by atoms with Crippen LogP contribution >= 0.6 is 11.3 Å². The highest BCUT2D eigenvalue weighted by molar-refractivity contribution is 7.90. The van der Waals surface area contributed by atoms with Crippen molar-refractivity contribution in [3.05, 3.63) is 35.1 Å². The van der Waals surface area contributed by atoms with Gasteiger partial charge in [-0.1, -0.05) is 18.9 Å². The van der Waals surface area contributed by atoms with Gasteiger partial charge in [0.05, 0.1) is 26.1 Å². The predicted molar refractivity (Wildman–Crippen MR) is 130 cm³/mol. The fourth-order valence-corrected chi connectivity index (χ4v) is 6.53. The van der Waals surface area contributed by atoms with Gasteiger partial charge >= 0.3 is 0 Å². The van der Waals surface area contributed by atoms with E-state index >= 15 is 0 Å². The van der Waals surface area contributed by atoms with Crippen molar-refractivity contribution in [2.24, 2.45) is 5.92 Å². The second-order valence-electron chi connectivity index (χ2n) is 8.57. The zero-order valence-electron chi connectivity index (χ0n) is 19.6. The summed E-state index contributed by atoms with van der Waals surface area (Å²) < 4.78 is 39.0. The third-order valence-electron chi connectivity index (χ3n) is 6.18. The minimum Gasteiger partial charge on any atom is -0.494 e. The van der Waals surface area contributed by atoms with Crippen LogP contribution in [-0.4, -0.2) is 59.3 Å². The maximum absolute atomic E-state index is 13.1. The highest BCUT2D eigenvalue weighted by atomic mass is 32.2. The van der Waals surface area contributed by atoms with Crippen molar-refractivity contribution in [3.8, 4) is 28.0 Å². The SMILES string of the molecule is COc1cccc(OC)c1-n1c(CS(=O)(=O)CC[C@@H](O)C2CCCC2)nnc1-c1nc(C)cs1. The molecule has 1 fully saturated rings. The minimum absolute atomic E-state index is 0.119. The third-order valence-corrected chi connectivity index (χ3v) is 8.70. The van der Waals surface area contributed by atoms with Crippen LogP contribution in [0.5, 0.6) is 11.5 Å². The van der Waals surface area contributed by atoms with E-state index in [0.29, 0.717) is 28.0 Å². The summed E-state index contributed by atoms with van der Waals surface area (Å²) in [4.78, 5) is 4.52. The quantitative estimate of drug-likeness (QED) is 0.444. The van der Waals surface area contributed by atoms with Crippen LogP contribution in [0.2, 0.25) is 0 Å². The Hall–Kier alpha value is -2.50. The highest BCUT2D eigenvalue weighted by Crippen LogP contribution is 2.37. The molecule has 0 aliphatic heterocycles. The molecule has 0 unspecified atom stereocenters. The largest absolute Gasteiger partial charge is 0.494 e. The van der Waals surface area contributed by atoms with E-state index in [9.17, 15) is 13.5 Å². The van der Waals surface area contributed by atoms with Gasteiger partial charge in [-0.15, -0.1) is 21.5 Å². The second kappa shape index (κ2) is 10.4. The molecule has 1 aliphatic rings. The molecule has 3 aromatic rings. The van der Waals surface area contributed by atoms with E-state index in [1.807, 2.05) is 12.3 Å². The predicted octanol–water partition coefficient (Wildman–Crippen LogP) is 3.57. The maximum Gasteiger partial charge on any atom is 0.197 e. The van der Waals surface area contributed by atoms with Crippen LogP contribution in [0.3, 0.4) is 0 Å². The summed E-state index contributed by atoms with van der Waals surface area (Å²) in [5.74, 6) is 1.37. The maximum atomic E-state index is 13.1. The molecule has 0 saturated heterocycles. The first kappa shape index (κ1) is 24.6. The molecule has 34 heavy (non-hydrogen) atoms. The van der Waals surface area contributed by atoms with Crippen LogP contribution < -0.4 is 9.47 Å². The molecule has 0 radical (unpaired) electrons. The normalized spacial score (nSPS) is 15.5. The van der Waals surface area contributed by atoms with Gasteiger partial charge in [-0.05, 0) is 44.2 Å². The lowest BCUT2D eigenvalue weighted by molar-refractivity contribution is 0.107. The van der Waals surface area contributed by atoms with Crippen molar-refractivity contribution in [1.29, 1.82) is 0 Å². The van der Waals surface area contributed by atoms with Gasteiger partial charge in [0.2, 0.25) is 0 Å². The molecular formula is C23H30N4O5S2. The minimum atomic E-state index is -3.57. The van der Waals surface area contributed by atoms with E-state index in [1.165, 1.54) is 25.6 Å². The number of benzene rings is 1. The molecule has 2 heterocycles. The van der Waals surface area contributed by atoms with E-state index in [-0.39, 0.29) is 29.7 Å². The standard InChI is InChI=1S/C23H30N4O5S2/c1-15-13-33-23(24-15)22-26-25-20(27(22)21-18(31-2)9-6-10-19(21)32-3)14-34(29,30)12-11-17(28)16-7-4-5-8-16/h6,9-10,13,16-17,28H,4-5,7-8,11-12,14H2,1-3H3/t17-/m1/s1. The molecular weight excluding hydrogens is 476 g/mol. The topological polar surface area (TPSA) is 116 Å². The number of nitrogens with zero attached hydrogens (tertiary/aromatic N) is 4. The Balaban J connectivity index is 1.70. The average molecular weight is 507 g/mol. The fourth-order valence-electron chi connectivity index (χ4n) is 4.44. The summed E-state index contributed by atoms with van der Waals surface area (Å²) in [6.45, 7) is 1.88. The van der Waals surface area contributed by atoms with E-state index in [4.69, 9.17) is 9.47 Å². The molecule has 0 bridgehead atoms. The van der Waals surface area contributed by atoms with Crippen LogP contribution in [0, 0.1) is 12.8 Å². The van der Waals surface area contributed by atoms with Crippen molar-refractivity contribution in [2.75, 3.05) is 20.0 Å². The number of thiazole rings is 1. The van der Waals surface area contributed by atoms with E-state index < -0.39 is 15.9 Å². The Morgan fingerprint density at radius 1 is 1.18 bits per heavy atom. The number of ether oxygens (including phenoxy) is 2. The molecule has 1 aliphatic carbocycles. The third kappa shape index (κ3) is 5.26. The van der Waals surface area contributed by atoms with Gasteiger partial charge in [0.1, 0.15) is 22.9 Å². The Bertz CT molecular complexity index is 1210. The van der Waals surface area contributed by atoms with Gasteiger partial charge < -0.3 is 14.6 Å². The van der Waals surface area contributed by atoms with E-state index in [2.05, 4.69) is 15.2 Å². The van der Waals surface area contributed by atoms with Crippen molar-refractivity contribution < 1.29 is 23.0 Å². The lowest BCUT2D eigenvalue weighted by Gasteiger charge is -2.18. The molecule has 1 atom stereocenters. The van der Waals surface area contributed by atoms with Gasteiger partial charge in [0.15, 0.2) is 26.5 Å². The molecule has 184 valence electrons. The Labute approximate surface area is 203 Å². The summed E-state index contributed by atoms with van der Waals surface area (Å²) in [6.07, 6.45) is 3.73. The average Bonchev–Trinajstić information content (AvgIpc) is 3.58. The molecule has 1 saturated carbocycles. The van der Waals surface area contributed by atoms with Crippen molar-refractivity contribution in [1.82, 2.24) is 19.7 Å². The smallest absolute Gasteiger partial charge is 0.197 e. The van der Waals surface area contributed by atoms with Gasteiger partial charge in [0, 0.05) is 11.1 Å². The number of aliphatic hydroxyl groups is 1. The molecule has 11 heteroatoms. The van der Waals surface area contributed by atoms with Crippen LogP contribution in [0.4, 0.5) is 0 Å². The van der Waals surface area contributed by atoms with Crippen molar-refractivity contribution in [2.45, 2.75) is 50.9 Å². The number of methoxy groups -OCH3 is 2. The summed E-state index contributed by atoms with van der Waals surface area (Å²) in [7, 11) is -0.498. The first-order valence-electron chi connectivity index (χ1n) is 11.3. The summed E-state index contributed by atoms with van der Waals surface area (Å²) in [5, 5.41) is 21.5. The molecule has 1 N–H and O–H groups in total. The summed E-state index contributed by atoms with van der Waals surface area (Å²) in [5.41, 5.74) is 1.34. The monoisotopic (exact) mass is 506 g/mol. The van der Waals surface area contributed by atoms with Gasteiger partial charge in [-0.3, -0.25) is 4.57 Å². The molecule has 4 rings (SSSR count). The number of hydrogen-bond acceptors (Lipinski definition) is 9. The number of aryl methyl sites for hydroxylation is 1. The molecule has 0 spiro atoms. The zero-order chi connectivity index (χ0) is 24.3. The Morgan fingerprint density at radius 2 is 1.85 bits per heavy atom. The first-order valence-corrected chi connectivity index (χ1v) is 14.0. The Kier molecular flexibility index (Phi) is 7.54. The van der Waals surface area contributed by atoms with Crippen molar-refractivity contribution in [3.63, 3.8) is 0 Å². The fraction of sp³-hybridized carbons (Fsp3) is 0.522. The number of sulfone groups is 1. The van der Waals surface area contributed by atoms with E-state index in [1.54, 1.807) is 22.8 Å².